The first-order chi connectivity index (χ1) is 18.4. The van der Waals surface area contributed by atoms with Crippen LogP contribution in [-0.2, 0) is 9.59 Å². The van der Waals surface area contributed by atoms with Crippen molar-refractivity contribution >= 4 is 34.5 Å². The van der Waals surface area contributed by atoms with Gasteiger partial charge in [0.25, 0.3) is 0 Å². The molecule has 1 fully saturated rings. The van der Waals surface area contributed by atoms with Gasteiger partial charge in [0.05, 0.1) is 30.4 Å². The van der Waals surface area contributed by atoms with Crippen molar-refractivity contribution in [2.75, 3.05) is 30.0 Å². The van der Waals surface area contributed by atoms with Crippen molar-refractivity contribution in [3.63, 3.8) is 0 Å². The van der Waals surface area contributed by atoms with Crippen LogP contribution in [0, 0.1) is 5.92 Å². The normalized spacial score (nSPS) is 20.6. The second-order valence-corrected chi connectivity index (χ2v) is 10.0. The minimum Gasteiger partial charge on any atom is -0.497 e. The van der Waals surface area contributed by atoms with Crippen LogP contribution in [0.4, 0.5) is 17.1 Å². The first kappa shape index (κ1) is 25.7. The highest BCUT2D eigenvalue weighted by molar-refractivity contribution is 6.13. The largest absolute Gasteiger partial charge is 0.497 e. The number of hydrogen-bond donors (Lipinski definition) is 0. The first-order valence-electron chi connectivity index (χ1n) is 13.4. The van der Waals surface area contributed by atoms with E-state index < -0.39 is 12.0 Å². The Bertz CT molecular complexity index is 1340. The molecule has 1 aliphatic heterocycles. The van der Waals surface area contributed by atoms with E-state index in [2.05, 4.69) is 43.0 Å². The van der Waals surface area contributed by atoms with Gasteiger partial charge in [0.1, 0.15) is 11.5 Å². The number of rotatable bonds is 6. The predicted octanol–water partition coefficient (Wildman–Crippen LogP) is 6.48. The molecule has 0 radical (unpaired) electrons. The van der Waals surface area contributed by atoms with Gasteiger partial charge in [-0.15, -0.1) is 0 Å². The summed E-state index contributed by atoms with van der Waals surface area (Å²) in [6.07, 6.45) is 1.07. The molecular formula is C32H35N3O3. The van der Waals surface area contributed by atoms with Gasteiger partial charge in [-0.05, 0) is 73.7 Å². The molecule has 1 heterocycles. The monoisotopic (exact) mass is 509 g/mol. The van der Waals surface area contributed by atoms with E-state index in [9.17, 15) is 9.59 Å². The summed E-state index contributed by atoms with van der Waals surface area (Å²) in [6, 6.07) is 23.6. The fraction of sp³-hybridized carbons (Fsp3) is 0.344. The van der Waals surface area contributed by atoms with Gasteiger partial charge in [0, 0.05) is 37.8 Å². The minimum absolute atomic E-state index is 0.0325. The number of methoxy groups -OCH3 is 1. The number of Topliss-reactive ketones (excluding diaryl/α,β-unsaturated/α-hetero) is 1. The Kier molecular flexibility index (Phi) is 7.32. The standard InChI is InChI=1S/C32H35N3O3/c1-5-34(6-2)25-15-11-23(12-16-25)32-31-28(33-27-9-7-8-10-29(27)35(32)21(3)36)19-24(20-30(31)37)22-13-17-26(38-4)18-14-22/h7-18,24,31-32H,5-6,19-20H2,1-4H3. The summed E-state index contributed by atoms with van der Waals surface area (Å²) < 4.78 is 5.32. The smallest absolute Gasteiger partial charge is 0.224 e. The zero-order valence-corrected chi connectivity index (χ0v) is 22.6. The number of aliphatic imine (C=N–C) groups is 1. The molecule has 3 aromatic rings. The topological polar surface area (TPSA) is 62.2 Å². The summed E-state index contributed by atoms with van der Waals surface area (Å²) in [5.74, 6) is 0.342. The lowest BCUT2D eigenvalue weighted by atomic mass is 9.72. The number of para-hydroxylation sites is 2. The van der Waals surface area contributed by atoms with Crippen molar-refractivity contribution in [3.8, 4) is 5.75 Å². The SMILES string of the molecule is CCN(CC)c1ccc(C2C3C(=O)CC(c4ccc(OC)cc4)CC3=Nc3ccccc3N2C(C)=O)cc1. The van der Waals surface area contributed by atoms with Crippen molar-refractivity contribution in [2.24, 2.45) is 10.9 Å². The van der Waals surface area contributed by atoms with Crippen LogP contribution in [0.1, 0.15) is 56.7 Å². The zero-order chi connectivity index (χ0) is 26.8. The summed E-state index contributed by atoms with van der Waals surface area (Å²) in [7, 11) is 1.65. The number of benzene rings is 3. The molecule has 2 aliphatic rings. The van der Waals surface area contributed by atoms with E-state index in [0.29, 0.717) is 12.8 Å². The minimum atomic E-state index is -0.500. The molecule has 1 aliphatic carbocycles. The van der Waals surface area contributed by atoms with Gasteiger partial charge >= 0.3 is 0 Å². The summed E-state index contributed by atoms with van der Waals surface area (Å²) in [4.78, 5) is 36.4. The number of carbonyl (C=O) groups is 2. The molecule has 196 valence electrons. The quantitative estimate of drug-likeness (QED) is 0.381. The molecule has 0 aromatic heterocycles. The predicted molar refractivity (Wildman–Crippen MR) is 153 cm³/mol. The van der Waals surface area contributed by atoms with Crippen molar-refractivity contribution in [1.29, 1.82) is 0 Å². The number of carbonyl (C=O) groups excluding carboxylic acids is 2. The van der Waals surface area contributed by atoms with Gasteiger partial charge in [0.2, 0.25) is 5.91 Å². The number of anilines is 2. The highest BCUT2D eigenvalue weighted by Gasteiger charge is 2.45. The fourth-order valence-corrected chi connectivity index (χ4v) is 5.99. The van der Waals surface area contributed by atoms with Crippen LogP contribution >= 0.6 is 0 Å². The van der Waals surface area contributed by atoms with E-state index in [1.807, 2.05) is 48.5 Å². The van der Waals surface area contributed by atoms with Crippen LogP contribution in [-0.4, -0.2) is 37.6 Å². The Hall–Kier alpha value is -3.93. The number of nitrogens with zero attached hydrogens (tertiary/aromatic N) is 3. The van der Waals surface area contributed by atoms with Crippen LogP contribution in [0.2, 0.25) is 0 Å². The van der Waals surface area contributed by atoms with Gasteiger partial charge in [-0.1, -0.05) is 36.4 Å². The molecule has 6 heteroatoms. The molecule has 38 heavy (non-hydrogen) atoms. The summed E-state index contributed by atoms with van der Waals surface area (Å²) in [5, 5.41) is 0. The third-order valence-corrected chi connectivity index (χ3v) is 7.90. The third kappa shape index (κ3) is 4.71. The first-order valence-corrected chi connectivity index (χ1v) is 13.4. The van der Waals surface area contributed by atoms with E-state index in [0.717, 1.165) is 52.7 Å². The Morgan fingerprint density at radius 2 is 1.61 bits per heavy atom. The molecule has 3 atom stereocenters. The molecule has 6 nitrogen and oxygen atoms in total. The second-order valence-electron chi connectivity index (χ2n) is 10.0. The van der Waals surface area contributed by atoms with E-state index in [4.69, 9.17) is 9.73 Å². The van der Waals surface area contributed by atoms with Gasteiger partial charge in [-0.25, -0.2) is 0 Å². The maximum atomic E-state index is 14.0. The number of ether oxygens (including phenoxy) is 1. The molecule has 5 rings (SSSR count). The molecule has 0 saturated heterocycles. The molecule has 3 unspecified atom stereocenters. The summed E-state index contributed by atoms with van der Waals surface area (Å²) >= 11 is 0. The van der Waals surface area contributed by atoms with Crippen molar-refractivity contribution in [3.05, 3.63) is 83.9 Å². The molecular weight excluding hydrogens is 474 g/mol. The van der Waals surface area contributed by atoms with Gasteiger partial charge in [-0.2, -0.15) is 0 Å². The average Bonchev–Trinajstić information content (AvgIpc) is 3.09. The second kappa shape index (κ2) is 10.8. The highest BCUT2D eigenvalue weighted by Crippen LogP contribution is 2.47. The molecule has 0 bridgehead atoms. The van der Waals surface area contributed by atoms with E-state index in [1.54, 1.807) is 18.9 Å². The summed E-state index contributed by atoms with van der Waals surface area (Å²) in [5.41, 5.74) is 5.49. The Labute approximate surface area is 224 Å². The third-order valence-electron chi connectivity index (χ3n) is 7.90. The van der Waals surface area contributed by atoms with Crippen LogP contribution in [0.5, 0.6) is 5.75 Å². The van der Waals surface area contributed by atoms with Gasteiger partial charge in [0.15, 0.2) is 0 Å². The number of ketones is 1. The van der Waals surface area contributed by atoms with Gasteiger partial charge in [-0.3, -0.25) is 14.6 Å². The molecule has 0 N–H and O–H groups in total. The number of amides is 1. The van der Waals surface area contributed by atoms with Crippen LogP contribution in [0.25, 0.3) is 0 Å². The average molecular weight is 510 g/mol. The molecule has 1 amide bonds. The van der Waals surface area contributed by atoms with E-state index >= 15 is 0 Å². The van der Waals surface area contributed by atoms with Crippen LogP contribution in [0.15, 0.2) is 77.8 Å². The van der Waals surface area contributed by atoms with E-state index in [1.165, 1.54) is 0 Å². The Morgan fingerprint density at radius 1 is 0.947 bits per heavy atom. The fourth-order valence-electron chi connectivity index (χ4n) is 5.99. The summed E-state index contributed by atoms with van der Waals surface area (Å²) in [6.45, 7) is 7.68. The molecule has 3 aromatic carbocycles. The van der Waals surface area contributed by atoms with Crippen LogP contribution < -0.4 is 14.5 Å². The lowest BCUT2D eigenvalue weighted by molar-refractivity contribution is -0.123. The van der Waals surface area contributed by atoms with Crippen molar-refractivity contribution < 1.29 is 14.3 Å². The zero-order valence-electron chi connectivity index (χ0n) is 22.6. The van der Waals surface area contributed by atoms with Crippen molar-refractivity contribution in [2.45, 2.75) is 45.6 Å². The number of fused-ring (bicyclic) bond motifs is 2. The van der Waals surface area contributed by atoms with E-state index in [-0.39, 0.29) is 17.6 Å². The Balaban J connectivity index is 1.60. The lowest BCUT2D eigenvalue weighted by Gasteiger charge is -2.38. The Morgan fingerprint density at radius 3 is 2.24 bits per heavy atom. The van der Waals surface area contributed by atoms with Gasteiger partial charge < -0.3 is 14.5 Å². The number of hydrogen-bond acceptors (Lipinski definition) is 5. The van der Waals surface area contributed by atoms with Crippen molar-refractivity contribution in [1.82, 2.24) is 0 Å². The highest BCUT2D eigenvalue weighted by atomic mass is 16.5. The molecule has 0 spiro atoms. The molecule has 1 saturated carbocycles. The van der Waals surface area contributed by atoms with Crippen LogP contribution in [0.3, 0.4) is 0 Å². The lowest BCUT2D eigenvalue weighted by Crippen LogP contribution is -2.45. The maximum absolute atomic E-state index is 14.0. The maximum Gasteiger partial charge on any atom is 0.224 e.